The van der Waals surface area contributed by atoms with E-state index in [2.05, 4.69) is 17.2 Å². The van der Waals surface area contributed by atoms with Crippen molar-refractivity contribution in [1.82, 2.24) is 9.55 Å². The zero-order chi connectivity index (χ0) is 20.1. The first-order chi connectivity index (χ1) is 13.5. The van der Waals surface area contributed by atoms with Gasteiger partial charge in [0.1, 0.15) is 5.82 Å². The van der Waals surface area contributed by atoms with Gasteiger partial charge in [0.05, 0.1) is 5.75 Å². The van der Waals surface area contributed by atoms with Crippen LogP contribution in [0.25, 0.3) is 5.69 Å². The zero-order valence-corrected chi connectivity index (χ0v) is 16.8. The van der Waals surface area contributed by atoms with Crippen molar-refractivity contribution in [1.29, 1.82) is 0 Å². The Kier molecular flexibility index (Phi) is 6.38. The molecule has 3 rings (SSSR count). The number of rotatable bonds is 6. The number of benzene rings is 2. The Bertz CT molecular complexity index is 1030. The number of hydrogen-bond acceptors (Lipinski definition) is 5. The summed E-state index contributed by atoms with van der Waals surface area (Å²) in [5.41, 5.74) is 8.19. The van der Waals surface area contributed by atoms with Gasteiger partial charge < -0.3 is 11.1 Å². The molecule has 0 saturated carbocycles. The fourth-order valence-electron chi connectivity index (χ4n) is 2.58. The normalized spacial score (nSPS) is 10.6. The van der Waals surface area contributed by atoms with Crippen LogP contribution in [0.1, 0.15) is 12.5 Å². The van der Waals surface area contributed by atoms with E-state index in [1.165, 1.54) is 11.6 Å². The number of carbonyl (C=O) groups is 1. The van der Waals surface area contributed by atoms with E-state index >= 15 is 0 Å². The Morgan fingerprint density at radius 2 is 1.86 bits per heavy atom. The van der Waals surface area contributed by atoms with Crippen LogP contribution in [0.2, 0.25) is 5.02 Å². The van der Waals surface area contributed by atoms with Crippen molar-refractivity contribution in [2.45, 2.75) is 18.5 Å². The summed E-state index contributed by atoms with van der Waals surface area (Å²) < 4.78 is 1.62. The maximum atomic E-state index is 12.3. The monoisotopic (exact) mass is 414 g/mol. The lowest BCUT2D eigenvalue weighted by Crippen LogP contribution is -2.19. The number of halogens is 1. The highest BCUT2D eigenvalue weighted by molar-refractivity contribution is 7.99. The van der Waals surface area contributed by atoms with E-state index < -0.39 is 5.56 Å². The highest BCUT2D eigenvalue weighted by atomic mass is 35.5. The minimum atomic E-state index is -0.458. The van der Waals surface area contributed by atoms with E-state index in [1.54, 1.807) is 28.8 Å². The second-order valence-electron chi connectivity index (χ2n) is 6.00. The third-order valence-electron chi connectivity index (χ3n) is 3.99. The molecular weight excluding hydrogens is 396 g/mol. The molecule has 0 aliphatic heterocycles. The molecule has 1 amide bonds. The van der Waals surface area contributed by atoms with Gasteiger partial charge in [0.15, 0.2) is 5.16 Å². The van der Waals surface area contributed by atoms with E-state index in [0.717, 1.165) is 23.9 Å². The van der Waals surface area contributed by atoms with Crippen LogP contribution in [-0.2, 0) is 11.2 Å². The summed E-state index contributed by atoms with van der Waals surface area (Å²) in [4.78, 5) is 28.1. The Hall–Kier alpha value is -2.77. The Labute approximate surface area is 171 Å². The lowest BCUT2D eigenvalue weighted by Gasteiger charge is -2.14. The van der Waals surface area contributed by atoms with Gasteiger partial charge in [-0.2, -0.15) is 4.98 Å². The van der Waals surface area contributed by atoms with Crippen molar-refractivity contribution < 1.29 is 4.79 Å². The van der Waals surface area contributed by atoms with Crippen molar-refractivity contribution in [3.05, 3.63) is 75.5 Å². The van der Waals surface area contributed by atoms with Gasteiger partial charge in [-0.15, -0.1) is 0 Å². The number of nitrogens with two attached hydrogens (primary N) is 1. The average molecular weight is 415 g/mol. The number of hydrogen-bond donors (Lipinski definition) is 2. The van der Waals surface area contributed by atoms with Crippen molar-refractivity contribution in [3.63, 3.8) is 0 Å². The van der Waals surface area contributed by atoms with Crippen molar-refractivity contribution >= 4 is 40.8 Å². The molecule has 0 spiro atoms. The first kappa shape index (κ1) is 20.0. The maximum Gasteiger partial charge on any atom is 0.275 e. The molecule has 1 aromatic heterocycles. The van der Waals surface area contributed by atoms with Gasteiger partial charge >= 0.3 is 0 Å². The van der Waals surface area contributed by atoms with Gasteiger partial charge in [0, 0.05) is 22.5 Å². The molecule has 0 fully saturated rings. The van der Waals surface area contributed by atoms with E-state index in [9.17, 15) is 9.59 Å². The molecule has 8 heteroatoms. The summed E-state index contributed by atoms with van der Waals surface area (Å²) >= 11 is 7.07. The van der Waals surface area contributed by atoms with Crippen LogP contribution in [0.5, 0.6) is 0 Å². The lowest BCUT2D eigenvalue weighted by molar-refractivity contribution is -0.113. The third kappa shape index (κ3) is 4.94. The topological polar surface area (TPSA) is 90.0 Å². The molecule has 0 unspecified atom stereocenters. The second-order valence-corrected chi connectivity index (χ2v) is 7.38. The van der Waals surface area contributed by atoms with Crippen molar-refractivity contribution in [2.75, 3.05) is 16.8 Å². The van der Waals surface area contributed by atoms with Crippen LogP contribution in [0.3, 0.4) is 0 Å². The largest absolute Gasteiger partial charge is 0.385 e. The number of amides is 1. The van der Waals surface area contributed by atoms with Crippen LogP contribution < -0.4 is 16.6 Å². The predicted molar refractivity (Wildman–Crippen MR) is 114 cm³/mol. The smallest absolute Gasteiger partial charge is 0.275 e. The minimum absolute atomic E-state index is 0.0824. The summed E-state index contributed by atoms with van der Waals surface area (Å²) in [6.07, 6.45) is 0.938. The summed E-state index contributed by atoms with van der Waals surface area (Å²) in [5.74, 6) is 0.118. The number of thioether (sulfide) groups is 1. The fraction of sp³-hybridized carbons (Fsp3) is 0.150. The number of aromatic nitrogens is 2. The van der Waals surface area contributed by atoms with E-state index in [1.807, 2.05) is 24.3 Å². The van der Waals surface area contributed by atoms with Gasteiger partial charge in [-0.3, -0.25) is 14.2 Å². The SMILES string of the molecule is CCc1ccc(NC(=O)CSc2nc(=O)cc(N)n2-c2ccc(Cl)cc2)cc1. The molecule has 0 atom stereocenters. The summed E-state index contributed by atoms with van der Waals surface area (Å²) in [7, 11) is 0. The Balaban J connectivity index is 1.76. The number of nitrogen functional groups attached to an aromatic ring is 1. The highest BCUT2D eigenvalue weighted by Crippen LogP contribution is 2.23. The van der Waals surface area contributed by atoms with E-state index in [4.69, 9.17) is 17.3 Å². The molecule has 2 aromatic carbocycles. The van der Waals surface area contributed by atoms with Crippen molar-refractivity contribution in [3.8, 4) is 5.69 Å². The van der Waals surface area contributed by atoms with Crippen LogP contribution in [0, 0.1) is 0 Å². The van der Waals surface area contributed by atoms with Crippen LogP contribution in [0.4, 0.5) is 11.5 Å². The lowest BCUT2D eigenvalue weighted by atomic mass is 10.1. The maximum absolute atomic E-state index is 12.3. The van der Waals surface area contributed by atoms with Gasteiger partial charge in [-0.25, -0.2) is 0 Å². The molecule has 3 aromatic rings. The number of nitrogens with zero attached hydrogens (tertiary/aromatic N) is 2. The van der Waals surface area contributed by atoms with Gasteiger partial charge in [-0.05, 0) is 48.4 Å². The van der Waals surface area contributed by atoms with Crippen LogP contribution in [0.15, 0.2) is 64.5 Å². The Morgan fingerprint density at radius 1 is 1.18 bits per heavy atom. The molecule has 144 valence electrons. The van der Waals surface area contributed by atoms with Crippen LogP contribution >= 0.6 is 23.4 Å². The molecular formula is C20H19ClN4O2S. The fourth-order valence-corrected chi connectivity index (χ4v) is 3.53. The molecule has 0 aliphatic rings. The summed E-state index contributed by atoms with van der Waals surface area (Å²) in [5, 5.41) is 3.76. The number of aryl methyl sites for hydroxylation is 1. The summed E-state index contributed by atoms with van der Waals surface area (Å²) in [6.45, 7) is 2.07. The van der Waals surface area contributed by atoms with Crippen LogP contribution in [-0.4, -0.2) is 21.2 Å². The molecule has 1 heterocycles. The molecule has 0 saturated heterocycles. The third-order valence-corrected chi connectivity index (χ3v) is 5.18. The van der Waals surface area contributed by atoms with E-state index in [-0.39, 0.29) is 17.5 Å². The molecule has 0 aliphatic carbocycles. The number of nitrogens with one attached hydrogen (secondary N) is 1. The molecule has 6 nitrogen and oxygen atoms in total. The predicted octanol–water partition coefficient (Wildman–Crippen LogP) is 3.76. The Morgan fingerprint density at radius 3 is 2.50 bits per heavy atom. The molecule has 28 heavy (non-hydrogen) atoms. The van der Waals surface area contributed by atoms with Crippen molar-refractivity contribution in [2.24, 2.45) is 0 Å². The number of carbonyl (C=O) groups excluding carboxylic acids is 1. The van der Waals surface area contributed by atoms with Gasteiger partial charge in [-0.1, -0.05) is 42.4 Å². The van der Waals surface area contributed by atoms with Gasteiger partial charge in [0.25, 0.3) is 5.56 Å². The quantitative estimate of drug-likeness (QED) is 0.473. The second kappa shape index (κ2) is 8.95. The highest BCUT2D eigenvalue weighted by Gasteiger charge is 2.13. The molecule has 3 N–H and O–H groups in total. The standard InChI is InChI=1S/C20H19ClN4O2S/c1-2-13-3-7-15(8-4-13)23-19(27)12-28-20-24-18(26)11-17(22)25(20)16-9-5-14(21)6-10-16/h3-11H,2,12,22H2,1H3,(H,23,27). The first-order valence-electron chi connectivity index (χ1n) is 8.63. The number of anilines is 2. The molecule has 0 radical (unpaired) electrons. The zero-order valence-electron chi connectivity index (χ0n) is 15.2. The minimum Gasteiger partial charge on any atom is -0.385 e. The average Bonchev–Trinajstić information content (AvgIpc) is 2.68. The van der Waals surface area contributed by atoms with E-state index in [0.29, 0.717) is 15.9 Å². The molecule has 0 bridgehead atoms. The summed E-state index contributed by atoms with van der Waals surface area (Å²) in [6, 6.07) is 15.9. The first-order valence-corrected chi connectivity index (χ1v) is 9.99. The van der Waals surface area contributed by atoms with Gasteiger partial charge in [0.2, 0.25) is 5.91 Å².